The predicted octanol–water partition coefficient (Wildman–Crippen LogP) is 1.23. The van der Waals surface area contributed by atoms with E-state index in [0.29, 0.717) is 5.56 Å². The lowest BCUT2D eigenvalue weighted by Crippen LogP contribution is -1.85. The van der Waals surface area contributed by atoms with Crippen LogP contribution in [-0.4, -0.2) is 9.91 Å². The van der Waals surface area contributed by atoms with Crippen molar-refractivity contribution in [1.29, 1.82) is 0 Å². The van der Waals surface area contributed by atoms with E-state index in [2.05, 4.69) is 4.98 Å². The van der Waals surface area contributed by atoms with Gasteiger partial charge in [0.2, 0.25) is 0 Å². The number of nitro groups is 1. The SMILES string of the molecule is Cc1c[nH]cc1[N+](=O)[O-]. The summed E-state index contributed by atoms with van der Waals surface area (Å²) in [5.74, 6) is 0. The first-order valence-corrected chi connectivity index (χ1v) is 2.49. The second-order valence-electron chi connectivity index (χ2n) is 1.78. The van der Waals surface area contributed by atoms with Gasteiger partial charge in [-0.3, -0.25) is 10.1 Å². The Hall–Kier alpha value is -1.32. The van der Waals surface area contributed by atoms with E-state index in [1.54, 1.807) is 13.1 Å². The Labute approximate surface area is 51.7 Å². The third-order valence-corrected chi connectivity index (χ3v) is 1.12. The van der Waals surface area contributed by atoms with E-state index in [-0.39, 0.29) is 5.69 Å². The zero-order valence-corrected chi connectivity index (χ0v) is 4.92. The molecule has 1 aromatic rings. The van der Waals surface area contributed by atoms with Gasteiger partial charge in [0.1, 0.15) is 0 Å². The maximum Gasteiger partial charge on any atom is 0.289 e. The van der Waals surface area contributed by atoms with Crippen molar-refractivity contribution in [3.8, 4) is 0 Å². The zero-order chi connectivity index (χ0) is 6.85. The van der Waals surface area contributed by atoms with E-state index in [1.807, 2.05) is 0 Å². The van der Waals surface area contributed by atoms with E-state index < -0.39 is 4.92 Å². The van der Waals surface area contributed by atoms with Crippen LogP contribution in [0.5, 0.6) is 0 Å². The molecule has 0 aliphatic heterocycles. The van der Waals surface area contributed by atoms with Gasteiger partial charge in [-0.05, 0) is 6.92 Å². The molecule has 0 spiro atoms. The first-order valence-electron chi connectivity index (χ1n) is 2.49. The highest BCUT2D eigenvalue weighted by Crippen LogP contribution is 2.14. The molecule has 0 saturated heterocycles. The monoisotopic (exact) mass is 126 g/mol. The Kier molecular flexibility index (Phi) is 1.22. The summed E-state index contributed by atoms with van der Waals surface area (Å²) >= 11 is 0. The fourth-order valence-electron chi connectivity index (χ4n) is 0.630. The number of nitrogens with zero attached hydrogens (tertiary/aromatic N) is 1. The fraction of sp³-hybridized carbons (Fsp3) is 0.200. The van der Waals surface area contributed by atoms with Crippen molar-refractivity contribution in [2.45, 2.75) is 6.92 Å². The van der Waals surface area contributed by atoms with Crippen LogP contribution >= 0.6 is 0 Å². The Morgan fingerprint density at radius 2 is 2.33 bits per heavy atom. The van der Waals surface area contributed by atoms with Crippen LogP contribution in [0.1, 0.15) is 5.56 Å². The molecule has 1 N–H and O–H groups in total. The number of aryl methyl sites for hydroxylation is 1. The van der Waals surface area contributed by atoms with Gasteiger partial charge in [0.05, 0.1) is 11.1 Å². The lowest BCUT2D eigenvalue weighted by Gasteiger charge is -1.83. The molecule has 48 valence electrons. The van der Waals surface area contributed by atoms with Gasteiger partial charge in [-0.1, -0.05) is 0 Å². The predicted molar refractivity (Wildman–Crippen MR) is 32.2 cm³/mol. The topological polar surface area (TPSA) is 58.9 Å². The number of H-pyrrole nitrogens is 1. The summed E-state index contributed by atoms with van der Waals surface area (Å²) in [5.41, 5.74) is 0.815. The number of aromatic nitrogens is 1. The molecule has 4 nitrogen and oxygen atoms in total. The minimum Gasteiger partial charge on any atom is -0.362 e. The highest BCUT2D eigenvalue weighted by molar-refractivity contribution is 5.35. The molecule has 0 aliphatic carbocycles. The molecule has 0 radical (unpaired) electrons. The van der Waals surface area contributed by atoms with Crippen molar-refractivity contribution in [2.24, 2.45) is 0 Å². The Morgan fingerprint density at radius 1 is 1.67 bits per heavy atom. The maximum atomic E-state index is 10.1. The average Bonchev–Trinajstić information content (AvgIpc) is 2.13. The van der Waals surface area contributed by atoms with Crippen LogP contribution in [0.15, 0.2) is 12.4 Å². The summed E-state index contributed by atoms with van der Waals surface area (Å²) in [6.45, 7) is 1.69. The molecule has 1 aromatic heterocycles. The summed E-state index contributed by atoms with van der Waals surface area (Å²) < 4.78 is 0. The van der Waals surface area contributed by atoms with E-state index in [1.165, 1.54) is 6.20 Å². The lowest BCUT2D eigenvalue weighted by molar-refractivity contribution is -0.385. The molecule has 0 bridgehead atoms. The highest BCUT2D eigenvalue weighted by Gasteiger charge is 2.08. The molecular formula is C5H6N2O2. The first kappa shape index (κ1) is 5.81. The molecular weight excluding hydrogens is 120 g/mol. The van der Waals surface area contributed by atoms with Crippen LogP contribution in [0.25, 0.3) is 0 Å². The highest BCUT2D eigenvalue weighted by atomic mass is 16.6. The Morgan fingerprint density at radius 3 is 2.56 bits per heavy atom. The fourth-order valence-corrected chi connectivity index (χ4v) is 0.630. The molecule has 0 aliphatic rings. The molecule has 0 aromatic carbocycles. The van der Waals surface area contributed by atoms with Crippen LogP contribution in [0.3, 0.4) is 0 Å². The second kappa shape index (κ2) is 1.89. The number of rotatable bonds is 1. The van der Waals surface area contributed by atoms with E-state index in [9.17, 15) is 10.1 Å². The van der Waals surface area contributed by atoms with Crippen molar-refractivity contribution in [2.75, 3.05) is 0 Å². The van der Waals surface area contributed by atoms with Crippen LogP contribution in [0.2, 0.25) is 0 Å². The summed E-state index contributed by atoms with van der Waals surface area (Å²) in [4.78, 5) is 12.3. The molecule has 0 amide bonds. The van der Waals surface area contributed by atoms with Crippen molar-refractivity contribution < 1.29 is 4.92 Å². The van der Waals surface area contributed by atoms with Gasteiger partial charge in [-0.15, -0.1) is 0 Å². The Balaban J connectivity index is 3.08. The van der Waals surface area contributed by atoms with Gasteiger partial charge < -0.3 is 4.98 Å². The third kappa shape index (κ3) is 0.910. The summed E-state index contributed by atoms with van der Waals surface area (Å²) in [6, 6.07) is 0. The van der Waals surface area contributed by atoms with Crippen molar-refractivity contribution >= 4 is 5.69 Å². The summed E-state index contributed by atoms with van der Waals surface area (Å²) in [5, 5.41) is 10.1. The Bertz CT molecular complexity index is 229. The molecule has 1 heterocycles. The van der Waals surface area contributed by atoms with Crippen molar-refractivity contribution in [3.05, 3.63) is 28.1 Å². The van der Waals surface area contributed by atoms with Gasteiger partial charge in [0.25, 0.3) is 5.69 Å². The number of hydrogen-bond donors (Lipinski definition) is 1. The zero-order valence-electron chi connectivity index (χ0n) is 4.92. The molecule has 4 heteroatoms. The summed E-state index contributed by atoms with van der Waals surface area (Å²) in [7, 11) is 0. The van der Waals surface area contributed by atoms with Crippen LogP contribution in [0, 0.1) is 17.0 Å². The third-order valence-electron chi connectivity index (χ3n) is 1.12. The summed E-state index contributed by atoms with van der Waals surface area (Å²) in [6.07, 6.45) is 2.97. The maximum absolute atomic E-state index is 10.1. The van der Waals surface area contributed by atoms with Crippen molar-refractivity contribution in [1.82, 2.24) is 4.98 Å². The van der Waals surface area contributed by atoms with Crippen molar-refractivity contribution in [3.63, 3.8) is 0 Å². The standard InChI is InChI=1S/C5H6N2O2/c1-4-2-6-3-5(4)7(8)9/h2-3,6H,1H3. The van der Waals surface area contributed by atoms with Crippen LogP contribution in [-0.2, 0) is 0 Å². The molecule has 1 rings (SSSR count). The normalized spacial score (nSPS) is 9.44. The molecule has 0 fully saturated rings. The number of aromatic amines is 1. The van der Waals surface area contributed by atoms with E-state index in [4.69, 9.17) is 0 Å². The van der Waals surface area contributed by atoms with Crippen LogP contribution < -0.4 is 0 Å². The molecule has 0 unspecified atom stereocenters. The van der Waals surface area contributed by atoms with E-state index in [0.717, 1.165) is 0 Å². The minimum atomic E-state index is -0.411. The van der Waals surface area contributed by atoms with Gasteiger partial charge in [-0.25, -0.2) is 0 Å². The quantitative estimate of drug-likeness (QED) is 0.454. The van der Waals surface area contributed by atoms with Gasteiger partial charge >= 0.3 is 0 Å². The van der Waals surface area contributed by atoms with Gasteiger partial charge in [0.15, 0.2) is 0 Å². The van der Waals surface area contributed by atoms with Gasteiger partial charge in [0, 0.05) is 11.8 Å². The van der Waals surface area contributed by atoms with Gasteiger partial charge in [-0.2, -0.15) is 0 Å². The molecule has 0 atom stereocenters. The minimum absolute atomic E-state index is 0.148. The van der Waals surface area contributed by atoms with Crippen LogP contribution in [0.4, 0.5) is 5.69 Å². The number of nitrogens with one attached hydrogen (secondary N) is 1. The average molecular weight is 126 g/mol. The molecule has 9 heavy (non-hydrogen) atoms. The number of hydrogen-bond acceptors (Lipinski definition) is 2. The smallest absolute Gasteiger partial charge is 0.289 e. The second-order valence-corrected chi connectivity index (χ2v) is 1.78. The largest absolute Gasteiger partial charge is 0.362 e. The first-order chi connectivity index (χ1) is 4.22. The molecule has 0 saturated carbocycles. The lowest BCUT2D eigenvalue weighted by atomic mass is 10.3. The van der Waals surface area contributed by atoms with E-state index >= 15 is 0 Å².